The molecule has 0 aromatic heterocycles. The summed E-state index contributed by atoms with van der Waals surface area (Å²) in [6, 6.07) is 5.41. The minimum absolute atomic E-state index is 0. The fraction of sp³-hybridized carbons (Fsp3) is 0.455. The number of benzene rings is 1. The molecule has 1 saturated carbocycles. The molecule has 0 aliphatic heterocycles. The summed E-state index contributed by atoms with van der Waals surface area (Å²) in [6.07, 6.45) is 2.03. The lowest BCUT2D eigenvalue weighted by Crippen LogP contribution is -2.29. The number of methoxy groups -OCH3 is 1. The van der Waals surface area contributed by atoms with Crippen molar-refractivity contribution < 1.29 is 9.47 Å². The van der Waals surface area contributed by atoms with Gasteiger partial charge < -0.3 is 15.2 Å². The second-order valence-electron chi connectivity index (χ2n) is 3.92. The van der Waals surface area contributed by atoms with Crippen LogP contribution in [0.2, 0.25) is 5.02 Å². The van der Waals surface area contributed by atoms with E-state index < -0.39 is 0 Å². The van der Waals surface area contributed by atoms with E-state index >= 15 is 0 Å². The van der Waals surface area contributed by atoms with Gasteiger partial charge in [0.15, 0.2) is 11.5 Å². The third-order valence-corrected chi connectivity index (χ3v) is 2.84. The highest BCUT2D eigenvalue weighted by molar-refractivity contribution is 6.32. The zero-order valence-electron chi connectivity index (χ0n) is 9.03. The molecule has 0 bridgehead atoms. The Labute approximate surface area is 106 Å². The molecule has 1 aromatic rings. The Morgan fingerprint density at radius 1 is 1.44 bits per heavy atom. The molecule has 0 unspecified atom stereocenters. The molecule has 16 heavy (non-hydrogen) atoms. The van der Waals surface area contributed by atoms with E-state index in [1.807, 2.05) is 12.1 Å². The SMILES string of the molecule is COc1cccc(Cl)c1OCC1(N)CC1.Cl. The lowest BCUT2D eigenvalue weighted by molar-refractivity contribution is 0.264. The van der Waals surface area contributed by atoms with Gasteiger partial charge in [0, 0.05) is 0 Å². The summed E-state index contributed by atoms with van der Waals surface area (Å²) < 4.78 is 10.8. The van der Waals surface area contributed by atoms with Crippen LogP contribution >= 0.6 is 24.0 Å². The van der Waals surface area contributed by atoms with Crippen LogP contribution in [-0.4, -0.2) is 19.3 Å². The predicted molar refractivity (Wildman–Crippen MR) is 66.9 cm³/mol. The van der Waals surface area contributed by atoms with E-state index in [0.29, 0.717) is 23.1 Å². The number of rotatable bonds is 4. The molecule has 3 nitrogen and oxygen atoms in total. The number of para-hydroxylation sites is 1. The minimum Gasteiger partial charge on any atom is -0.493 e. The lowest BCUT2D eigenvalue weighted by atomic mass is 10.3. The van der Waals surface area contributed by atoms with Crippen molar-refractivity contribution in [1.82, 2.24) is 0 Å². The van der Waals surface area contributed by atoms with Gasteiger partial charge >= 0.3 is 0 Å². The van der Waals surface area contributed by atoms with Crippen molar-refractivity contribution in [2.75, 3.05) is 13.7 Å². The third-order valence-electron chi connectivity index (χ3n) is 2.55. The summed E-state index contributed by atoms with van der Waals surface area (Å²) in [7, 11) is 1.59. The van der Waals surface area contributed by atoms with Gasteiger partial charge in [0.2, 0.25) is 0 Å². The molecule has 0 atom stereocenters. The average molecular weight is 264 g/mol. The van der Waals surface area contributed by atoms with E-state index in [1.165, 1.54) is 0 Å². The Morgan fingerprint density at radius 2 is 2.12 bits per heavy atom. The molecule has 2 rings (SSSR count). The first kappa shape index (κ1) is 13.4. The molecule has 1 aliphatic carbocycles. The average Bonchev–Trinajstić information content (AvgIpc) is 2.95. The number of halogens is 2. The van der Waals surface area contributed by atoms with Crippen LogP contribution in [0.3, 0.4) is 0 Å². The van der Waals surface area contributed by atoms with Gasteiger partial charge in [0.1, 0.15) is 6.61 Å². The Hall–Kier alpha value is -0.640. The van der Waals surface area contributed by atoms with Crippen molar-refractivity contribution in [2.45, 2.75) is 18.4 Å². The van der Waals surface area contributed by atoms with E-state index in [4.69, 9.17) is 26.8 Å². The number of nitrogens with two attached hydrogens (primary N) is 1. The van der Waals surface area contributed by atoms with Crippen LogP contribution in [0.25, 0.3) is 0 Å². The van der Waals surface area contributed by atoms with Crippen LogP contribution in [-0.2, 0) is 0 Å². The summed E-state index contributed by atoms with van der Waals surface area (Å²) in [5.74, 6) is 1.23. The monoisotopic (exact) mass is 263 g/mol. The summed E-state index contributed by atoms with van der Waals surface area (Å²) in [5, 5.41) is 0.554. The van der Waals surface area contributed by atoms with Crippen molar-refractivity contribution in [3.63, 3.8) is 0 Å². The standard InChI is InChI=1S/C11H14ClNO2.ClH/c1-14-9-4-2-3-8(12)10(9)15-7-11(13)5-6-11;/h2-4H,5-7,13H2,1H3;1H. The van der Waals surface area contributed by atoms with Crippen molar-refractivity contribution >= 4 is 24.0 Å². The van der Waals surface area contributed by atoms with Crippen molar-refractivity contribution in [3.05, 3.63) is 23.2 Å². The predicted octanol–water partition coefficient (Wildman–Crippen LogP) is 2.64. The minimum atomic E-state index is -0.149. The third kappa shape index (κ3) is 2.94. The van der Waals surface area contributed by atoms with E-state index in [-0.39, 0.29) is 17.9 Å². The molecule has 5 heteroatoms. The molecule has 2 N–H and O–H groups in total. The van der Waals surface area contributed by atoms with Gasteiger partial charge in [-0.2, -0.15) is 0 Å². The maximum atomic E-state index is 6.01. The van der Waals surface area contributed by atoms with Gasteiger partial charge in [0.25, 0.3) is 0 Å². The lowest BCUT2D eigenvalue weighted by Gasteiger charge is -2.14. The van der Waals surface area contributed by atoms with E-state index in [1.54, 1.807) is 13.2 Å². The zero-order valence-corrected chi connectivity index (χ0v) is 10.6. The topological polar surface area (TPSA) is 44.5 Å². The first-order valence-electron chi connectivity index (χ1n) is 4.89. The van der Waals surface area contributed by atoms with Crippen LogP contribution in [0.15, 0.2) is 18.2 Å². The van der Waals surface area contributed by atoms with Gasteiger partial charge in [-0.05, 0) is 25.0 Å². The molecular formula is C11H15Cl2NO2. The molecular weight excluding hydrogens is 249 g/mol. The van der Waals surface area contributed by atoms with Crippen molar-refractivity contribution in [3.8, 4) is 11.5 Å². The van der Waals surface area contributed by atoms with Crippen LogP contribution in [0, 0.1) is 0 Å². The van der Waals surface area contributed by atoms with Crippen LogP contribution < -0.4 is 15.2 Å². The Bertz CT molecular complexity index is 367. The second kappa shape index (κ2) is 5.13. The molecule has 1 fully saturated rings. The highest BCUT2D eigenvalue weighted by atomic mass is 35.5. The van der Waals surface area contributed by atoms with Gasteiger partial charge in [-0.1, -0.05) is 17.7 Å². The van der Waals surface area contributed by atoms with Gasteiger partial charge in [0.05, 0.1) is 17.7 Å². The fourth-order valence-electron chi connectivity index (χ4n) is 1.31. The maximum absolute atomic E-state index is 6.01. The van der Waals surface area contributed by atoms with Crippen LogP contribution in [0.5, 0.6) is 11.5 Å². The summed E-state index contributed by atoms with van der Waals surface area (Å²) >= 11 is 6.01. The zero-order chi connectivity index (χ0) is 10.9. The van der Waals surface area contributed by atoms with Crippen LogP contribution in [0.1, 0.15) is 12.8 Å². The van der Waals surface area contributed by atoms with E-state index in [9.17, 15) is 0 Å². The molecule has 0 spiro atoms. The summed E-state index contributed by atoms with van der Waals surface area (Å²) in [4.78, 5) is 0. The highest BCUT2D eigenvalue weighted by Crippen LogP contribution is 2.38. The van der Waals surface area contributed by atoms with Gasteiger partial charge in [-0.15, -0.1) is 12.4 Å². The Balaban J connectivity index is 0.00000128. The normalized spacial score (nSPS) is 16.2. The Morgan fingerprint density at radius 3 is 2.69 bits per heavy atom. The summed E-state index contributed by atoms with van der Waals surface area (Å²) in [6.45, 7) is 0.493. The molecule has 1 aromatic carbocycles. The molecule has 0 radical (unpaired) electrons. The molecule has 0 amide bonds. The Kier molecular flexibility index (Phi) is 4.30. The molecule has 0 heterocycles. The molecule has 1 aliphatic rings. The smallest absolute Gasteiger partial charge is 0.179 e. The number of hydrogen-bond acceptors (Lipinski definition) is 3. The van der Waals surface area contributed by atoms with Crippen LogP contribution in [0.4, 0.5) is 0 Å². The largest absolute Gasteiger partial charge is 0.493 e. The summed E-state index contributed by atoms with van der Waals surface area (Å²) in [5.41, 5.74) is 5.78. The number of ether oxygens (including phenoxy) is 2. The van der Waals surface area contributed by atoms with Crippen molar-refractivity contribution in [1.29, 1.82) is 0 Å². The molecule has 0 saturated heterocycles. The van der Waals surface area contributed by atoms with Crippen molar-refractivity contribution in [2.24, 2.45) is 5.73 Å². The number of hydrogen-bond donors (Lipinski definition) is 1. The van der Waals surface area contributed by atoms with E-state index in [2.05, 4.69) is 0 Å². The highest BCUT2D eigenvalue weighted by Gasteiger charge is 2.39. The quantitative estimate of drug-likeness (QED) is 0.909. The maximum Gasteiger partial charge on any atom is 0.179 e. The van der Waals surface area contributed by atoms with Gasteiger partial charge in [-0.25, -0.2) is 0 Å². The first-order chi connectivity index (χ1) is 7.14. The molecule has 90 valence electrons. The first-order valence-corrected chi connectivity index (χ1v) is 5.27. The van der Waals surface area contributed by atoms with Gasteiger partial charge in [-0.3, -0.25) is 0 Å². The van der Waals surface area contributed by atoms with E-state index in [0.717, 1.165) is 12.8 Å². The fourth-order valence-corrected chi connectivity index (χ4v) is 1.53. The second-order valence-corrected chi connectivity index (χ2v) is 4.33.